The van der Waals surface area contributed by atoms with E-state index in [2.05, 4.69) is 0 Å². The van der Waals surface area contributed by atoms with Crippen LogP contribution in [0.5, 0.6) is 11.5 Å². The average molecular weight is 275 g/mol. The van der Waals surface area contributed by atoms with Gasteiger partial charge in [-0.15, -0.1) is 0 Å². The fourth-order valence-corrected chi connectivity index (χ4v) is 1.90. The normalized spacial score (nSPS) is 11.9. The van der Waals surface area contributed by atoms with E-state index >= 15 is 0 Å². The van der Waals surface area contributed by atoms with Crippen molar-refractivity contribution >= 4 is 0 Å². The lowest BCUT2D eigenvalue weighted by Crippen LogP contribution is -2.18. The van der Waals surface area contributed by atoms with Gasteiger partial charge in [0, 0.05) is 12.6 Å². The molecule has 1 unspecified atom stereocenters. The maximum atomic E-state index is 12.9. The first-order valence-corrected chi connectivity index (χ1v) is 6.58. The molecule has 2 rings (SSSR count). The van der Waals surface area contributed by atoms with E-state index in [4.69, 9.17) is 15.2 Å². The summed E-state index contributed by atoms with van der Waals surface area (Å²) in [6.45, 7) is 2.83. The summed E-state index contributed by atoms with van der Waals surface area (Å²) in [6, 6.07) is 13.5. The summed E-state index contributed by atoms with van der Waals surface area (Å²) in [5, 5.41) is 0. The van der Waals surface area contributed by atoms with Crippen LogP contribution in [0.1, 0.15) is 18.6 Å². The van der Waals surface area contributed by atoms with E-state index < -0.39 is 0 Å². The molecule has 3 nitrogen and oxygen atoms in total. The van der Waals surface area contributed by atoms with Gasteiger partial charge >= 0.3 is 0 Å². The Hall–Kier alpha value is -2.07. The highest BCUT2D eigenvalue weighted by molar-refractivity contribution is 5.33. The SMILES string of the molecule is CCOc1cccc(OC(CN)c2ccc(F)cc2)c1. The van der Waals surface area contributed by atoms with E-state index in [0.717, 1.165) is 11.3 Å². The number of benzene rings is 2. The van der Waals surface area contributed by atoms with E-state index in [0.29, 0.717) is 18.9 Å². The van der Waals surface area contributed by atoms with Crippen molar-refractivity contribution in [1.82, 2.24) is 0 Å². The molecule has 2 aromatic carbocycles. The highest BCUT2D eigenvalue weighted by atomic mass is 19.1. The molecule has 0 bridgehead atoms. The van der Waals surface area contributed by atoms with E-state index in [1.54, 1.807) is 12.1 Å². The molecule has 0 radical (unpaired) electrons. The van der Waals surface area contributed by atoms with E-state index in [-0.39, 0.29) is 11.9 Å². The van der Waals surface area contributed by atoms with Gasteiger partial charge in [0.25, 0.3) is 0 Å². The first-order valence-electron chi connectivity index (χ1n) is 6.58. The fourth-order valence-electron chi connectivity index (χ4n) is 1.90. The lowest BCUT2D eigenvalue weighted by atomic mass is 10.1. The molecule has 0 saturated carbocycles. The molecule has 1 atom stereocenters. The molecule has 0 aliphatic rings. The Morgan fingerprint density at radius 2 is 1.80 bits per heavy atom. The monoisotopic (exact) mass is 275 g/mol. The molecule has 4 heteroatoms. The van der Waals surface area contributed by atoms with Crippen molar-refractivity contribution in [1.29, 1.82) is 0 Å². The fraction of sp³-hybridized carbons (Fsp3) is 0.250. The quantitative estimate of drug-likeness (QED) is 0.879. The second kappa shape index (κ2) is 6.91. The molecule has 2 aromatic rings. The second-order valence-corrected chi connectivity index (χ2v) is 4.30. The van der Waals surface area contributed by atoms with Gasteiger partial charge in [-0.25, -0.2) is 4.39 Å². The van der Waals surface area contributed by atoms with Gasteiger partial charge in [0.15, 0.2) is 0 Å². The van der Waals surface area contributed by atoms with Gasteiger partial charge in [0.05, 0.1) is 6.61 Å². The minimum atomic E-state index is -0.313. The van der Waals surface area contributed by atoms with Crippen LogP contribution < -0.4 is 15.2 Å². The van der Waals surface area contributed by atoms with Crippen LogP contribution in [0.2, 0.25) is 0 Å². The second-order valence-electron chi connectivity index (χ2n) is 4.30. The minimum Gasteiger partial charge on any atom is -0.494 e. The standard InChI is InChI=1S/C16H18FNO2/c1-2-19-14-4-3-5-15(10-14)20-16(11-18)12-6-8-13(17)9-7-12/h3-10,16H,2,11,18H2,1H3. The lowest BCUT2D eigenvalue weighted by molar-refractivity contribution is 0.213. The van der Waals surface area contributed by atoms with Crippen LogP contribution in [0.4, 0.5) is 4.39 Å². The lowest BCUT2D eigenvalue weighted by Gasteiger charge is -2.18. The number of hydrogen-bond acceptors (Lipinski definition) is 3. The van der Waals surface area contributed by atoms with Gasteiger partial charge in [-0.1, -0.05) is 18.2 Å². The predicted molar refractivity (Wildman–Crippen MR) is 76.4 cm³/mol. The first-order chi connectivity index (χ1) is 9.72. The molecular weight excluding hydrogens is 257 g/mol. The van der Waals surface area contributed by atoms with Crippen LogP contribution in [0, 0.1) is 5.82 Å². The number of halogens is 1. The Morgan fingerprint density at radius 1 is 1.10 bits per heavy atom. The molecular formula is C16H18FNO2. The van der Waals surface area contributed by atoms with Crippen molar-refractivity contribution in [3.63, 3.8) is 0 Å². The Bertz CT molecular complexity index is 542. The molecule has 2 N–H and O–H groups in total. The van der Waals surface area contributed by atoms with Crippen molar-refractivity contribution in [3.8, 4) is 11.5 Å². The zero-order chi connectivity index (χ0) is 14.4. The number of rotatable bonds is 6. The highest BCUT2D eigenvalue weighted by Crippen LogP contribution is 2.25. The molecule has 106 valence electrons. The molecule has 0 aliphatic heterocycles. The smallest absolute Gasteiger partial charge is 0.136 e. The molecule has 20 heavy (non-hydrogen) atoms. The molecule has 0 saturated heterocycles. The van der Waals surface area contributed by atoms with E-state index in [1.165, 1.54) is 12.1 Å². The van der Waals surface area contributed by atoms with Gasteiger partial charge in [-0.2, -0.15) is 0 Å². The summed E-state index contributed by atoms with van der Waals surface area (Å²) in [4.78, 5) is 0. The van der Waals surface area contributed by atoms with Crippen molar-refractivity contribution < 1.29 is 13.9 Å². The topological polar surface area (TPSA) is 44.5 Å². The molecule has 0 heterocycles. The number of nitrogens with two attached hydrogens (primary N) is 1. The molecule has 0 spiro atoms. The van der Waals surface area contributed by atoms with Crippen LogP contribution in [-0.4, -0.2) is 13.2 Å². The molecule has 0 aliphatic carbocycles. The van der Waals surface area contributed by atoms with Crippen molar-refractivity contribution in [2.75, 3.05) is 13.2 Å². The summed E-state index contributed by atoms with van der Waals surface area (Å²) in [7, 11) is 0. The van der Waals surface area contributed by atoms with Gasteiger partial charge in [-0.05, 0) is 36.8 Å². The van der Waals surface area contributed by atoms with Gasteiger partial charge in [0.1, 0.15) is 23.4 Å². The maximum absolute atomic E-state index is 12.9. The Balaban J connectivity index is 2.13. The van der Waals surface area contributed by atoms with Gasteiger partial charge < -0.3 is 15.2 Å². The largest absolute Gasteiger partial charge is 0.494 e. The zero-order valence-electron chi connectivity index (χ0n) is 11.4. The summed E-state index contributed by atoms with van der Waals surface area (Å²) in [6.07, 6.45) is -0.313. The van der Waals surface area contributed by atoms with Crippen molar-refractivity contribution in [3.05, 3.63) is 59.9 Å². The third-order valence-corrected chi connectivity index (χ3v) is 2.85. The van der Waals surface area contributed by atoms with Gasteiger partial charge in [0.2, 0.25) is 0 Å². The average Bonchev–Trinajstić information content (AvgIpc) is 2.47. The first kappa shape index (κ1) is 14.3. The van der Waals surface area contributed by atoms with Crippen molar-refractivity contribution in [2.24, 2.45) is 5.73 Å². The number of hydrogen-bond donors (Lipinski definition) is 1. The van der Waals surface area contributed by atoms with Crippen LogP contribution in [0.25, 0.3) is 0 Å². The highest BCUT2D eigenvalue weighted by Gasteiger charge is 2.12. The Kier molecular flexibility index (Phi) is 4.96. The Labute approximate surface area is 118 Å². The third kappa shape index (κ3) is 3.71. The Morgan fingerprint density at radius 3 is 2.45 bits per heavy atom. The summed E-state index contributed by atoms with van der Waals surface area (Å²) < 4.78 is 24.2. The predicted octanol–water partition coefficient (Wildman–Crippen LogP) is 3.30. The third-order valence-electron chi connectivity index (χ3n) is 2.85. The minimum absolute atomic E-state index is 0.275. The van der Waals surface area contributed by atoms with E-state index in [1.807, 2.05) is 31.2 Å². The van der Waals surface area contributed by atoms with Crippen LogP contribution in [-0.2, 0) is 0 Å². The molecule has 0 amide bonds. The number of ether oxygens (including phenoxy) is 2. The summed E-state index contributed by atoms with van der Waals surface area (Å²) >= 11 is 0. The van der Waals surface area contributed by atoms with Gasteiger partial charge in [-0.3, -0.25) is 0 Å². The van der Waals surface area contributed by atoms with E-state index in [9.17, 15) is 4.39 Å². The molecule has 0 fully saturated rings. The summed E-state index contributed by atoms with van der Waals surface area (Å²) in [5.74, 6) is 1.15. The van der Waals surface area contributed by atoms with Crippen molar-refractivity contribution in [2.45, 2.75) is 13.0 Å². The molecule has 0 aromatic heterocycles. The van der Waals surface area contributed by atoms with Crippen LogP contribution in [0.15, 0.2) is 48.5 Å². The van der Waals surface area contributed by atoms with Crippen LogP contribution >= 0.6 is 0 Å². The maximum Gasteiger partial charge on any atom is 0.136 e. The zero-order valence-corrected chi connectivity index (χ0v) is 11.4. The summed E-state index contributed by atoms with van der Waals surface area (Å²) in [5.41, 5.74) is 6.58. The van der Waals surface area contributed by atoms with Crippen LogP contribution in [0.3, 0.4) is 0 Å².